The molecule has 92 valence electrons. The van der Waals surface area contributed by atoms with E-state index in [4.69, 9.17) is 4.74 Å². The molecule has 0 heterocycles. The minimum Gasteiger partial charge on any atom is -0.384 e. The first-order chi connectivity index (χ1) is 6.87. The van der Waals surface area contributed by atoms with Gasteiger partial charge in [0, 0.05) is 13.2 Å². The van der Waals surface area contributed by atoms with Crippen LogP contribution in [0.25, 0.3) is 0 Å². The van der Waals surface area contributed by atoms with E-state index in [-0.39, 0.29) is 18.4 Å². The van der Waals surface area contributed by atoms with Crippen LogP contribution in [0.15, 0.2) is 0 Å². The largest absolute Gasteiger partial charge is 0.384 e. The predicted molar refractivity (Wildman–Crippen MR) is 62.3 cm³/mol. The molecule has 0 rings (SSSR count). The highest BCUT2D eigenvalue weighted by molar-refractivity contribution is 7.89. The second-order valence-corrected chi connectivity index (χ2v) is 6.18. The molecule has 0 saturated carbocycles. The summed E-state index contributed by atoms with van der Waals surface area (Å²) in [6.07, 6.45) is 1.91. The van der Waals surface area contributed by atoms with Crippen LogP contribution >= 0.6 is 0 Å². The van der Waals surface area contributed by atoms with E-state index in [1.807, 2.05) is 6.92 Å². The molecule has 0 aliphatic rings. The fourth-order valence-electron chi connectivity index (χ4n) is 1.20. The molecule has 1 atom stereocenters. The van der Waals surface area contributed by atoms with Crippen molar-refractivity contribution in [1.82, 2.24) is 4.72 Å². The lowest BCUT2D eigenvalue weighted by molar-refractivity contribution is 0.216. The van der Waals surface area contributed by atoms with E-state index in [2.05, 4.69) is 18.6 Å². The zero-order chi connectivity index (χ0) is 11.9. The molecular formula is C10H23NO3S. The van der Waals surface area contributed by atoms with Gasteiger partial charge in [0.25, 0.3) is 0 Å². The van der Waals surface area contributed by atoms with E-state index in [0.717, 1.165) is 12.8 Å². The van der Waals surface area contributed by atoms with E-state index in [1.54, 1.807) is 0 Å². The SMILES string of the molecule is COCCS(=O)(=O)NC(C)CCC(C)C. The van der Waals surface area contributed by atoms with Crippen LogP contribution in [-0.2, 0) is 14.8 Å². The predicted octanol–water partition coefficient (Wildman–Crippen LogP) is 1.38. The lowest BCUT2D eigenvalue weighted by atomic mass is 10.1. The highest BCUT2D eigenvalue weighted by atomic mass is 32.2. The van der Waals surface area contributed by atoms with E-state index in [0.29, 0.717) is 5.92 Å². The normalized spacial score (nSPS) is 14.5. The summed E-state index contributed by atoms with van der Waals surface area (Å²) in [5.41, 5.74) is 0. The van der Waals surface area contributed by atoms with Crippen LogP contribution in [0.1, 0.15) is 33.6 Å². The van der Waals surface area contributed by atoms with Crippen LogP contribution in [0, 0.1) is 5.92 Å². The molecule has 0 radical (unpaired) electrons. The molecule has 0 bridgehead atoms. The summed E-state index contributed by atoms with van der Waals surface area (Å²) >= 11 is 0. The number of nitrogens with one attached hydrogen (secondary N) is 1. The molecule has 15 heavy (non-hydrogen) atoms. The van der Waals surface area contributed by atoms with Crippen LogP contribution in [0.4, 0.5) is 0 Å². The van der Waals surface area contributed by atoms with Crippen molar-refractivity contribution in [3.8, 4) is 0 Å². The quantitative estimate of drug-likeness (QED) is 0.694. The Bertz CT molecular complexity index is 249. The minimum absolute atomic E-state index is 0.00857. The summed E-state index contributed by atoms with van der Waals surface area (Å²) in [6, 6.07) is 0.00857. The maximum atomic E-state index is 11.5. The molecule has 0 spiro atoms. The molecule has 0 aliphatic carbocycles. The smallest absolute Gasteiger partial charge is 0.214 e. The molecule has 0 aromatic heterocycles. The summed E-state index contributed by atoms with van der Waals surface area (Å²) in [6.45, 7) is 6.40. The molecule has 1 N–H and O–H groups in total. The van der Waals surface area contributed by atoms with Gasteiger partial charge in [0.15, 0.2) is 0 Å². The lowest BCUT2D eigenvalue weighted by Crippen LogP contribution is -2.35. The Morgan fingerprint density at radius 1 is 1.20 bits per heavy atom. The fraction of sp³-hybridized carbons (Fsp3) is 1.00. The van der Waals surface area contributed by atoms with Crippen LogP contribution in [0.2, 0.25) is 0 Å². The number of rotatable bonds is 8. The van der Waals surface area contributed by atoms with Gasteiger partial charge in [-0.15, -0.1) is 0 Å². The summed E-state index contributed by atoms with van der Waals surface area (Å²) in [7, 11) is -1.67. The zero-order valence-corrected chi connectivity index (χ0v) is 10.9. The Morgan fingerprint density at radius 2 is 1.80 bits per heavy atom. The van der Waals surface area contributed by atoms with Crippen molar-refractivity contribution < 1.29 is 13.2 Å². The number of hydrogen-bond donors (Lipinski definition) is 1. The van der Waals surface area contributed by atoms with Crippen molar-refractivity contribution in [2.45, 2.75) is 39.7 Å². The molecule has 5 heteroatoms. The van der Waals surface area contributed by atoms with Crippen molar-refractivity contribution >= 4 is 10.0 Å². The minimum atomic E-state index is -3.17. The number of hydrogen-bond acceptors (Lipinski definition) is 3. The molecule has 0 amide bonds. The fourth-order valence-corrected chi connectivity index (χ4v) is 2.44. The maximum Gasteiger partial charge on any atom is 0.214 e. The van der Waals surface area contributed by atoms with Gasteiger partial charge in [0.05, 0.1) is 12.4 Å². The average molecular weight is 237 g/mol. The van der Waals surface area contributed by atoms with Crippen LogP contribution in [-0.4, -0.2) is 33.9 Å². The highest BCUT2D eigenvalue weighted by Gasteiger charge is 2.14. The van der Waals surface area contributed by atoms with E-state index >= 15 is 0 Å². The van der Waals surface area contributed by atoms with Gasteiger partial charge in [-0.05, 0) is 25.7 Å². The summed E-state index contributed by atoms with van der Waals surface area (Å²) in [4.78, 5) is 0. The van der Waals surface area contributed by atoms with Gasteiger partial charge < -0.3 is 4.74 Å². The van der Waals surface area contributed by atoms with Crippen molar-refractivity contribution in [2.24, 2.45) is 5.92 Å². The first kappa shape index (κ1) is 14.9. The van der Waals surface area contributed by atoms with Gasteiger partial charge in [0.2, 0.25) is 10.0 Å². The van der Waals surface area contributed by atoms with Crippen molar-refractivity contribution in [3.05, 3.63) is 0 Å². The first-order valence-corrected chi connectivity index (χ1v) is 7.01. The Balaban J connectivity index is 3.88. The van der Waals surface area contributed by atoms with E-state index < -0.39 is 10.0 Å². The number of methoxy groups -OCH3 is 1. The highest BCUT2D eigenvalue weighted by Crippen LogP contribution is 2.07. The van der Waals surface area contributed by atoms with Gasteiger partial charge in [-0.25, -0.2) is 13.1 Å². The monoisotopic (exact) mass is 237 g/mol. The second kappa shape index (κ2) is 7.19. The topological polar surface area (TPSA) is 55.4 Å². The van der Waals surface area contributed by atoms with Crippen molar-refractivity contribution in [1.29, 1.82) is 0 Å². The average Bonchev–Trinajstić information content (AvgIpc) is 2.11. The van der Waals surface area contributed by atoms with E-state index in [9.17, 15) is 8.42 Å². The number of ether oxygens (including phenoxy) is 1. The molecule has 4 nitrogen and oxygen atoms in total. The van der Waals surface area contributed by atoms with Crippen LogP contribution in [0.3, 0.4) is 0 Å². The van der Waals surface area contributed by atoms with Gasteiger partial charge >= 0.3 is 0 Å². The summed E-state index contributed by atoms with van der Waals surface area (Å²) < 4.78 is 30.3. The third-order valence-electron chi connectivity index (χ3n) is 2.11. The summed E-state index contributed by atoms with van der Waals surface area (Å²) in [5, 5.41) is 0. The standard InChI is InChI=1S/C10H23NO3S/c1-9(2)5-6-10(3)11-15(12,13)8-7-14-4/h9-11H,5-8H2,1-4H3. The third-order valence-corrected chi connectivity index (χ3v) is 3.58. The lowest BCUT2D eigenvalue weighted by Gasteiger charge is -2.14. The zero-order valence-electron chi connectivity index (χ0n) is 10.1. The maximum absolute atomic E-state index is 11.5. The first-order valence-electron chi connectivity index (χ1n) is 5.36. The van der Waals surface area contributed by atoms with Gasteiger partial charge in [-0.1, -0.05) is 13.8 Å². The molecule has 0 fully saturated rings. The van der Waals surface area contributed by atoms with Crippen LogP contribution < -0.4 is 4.72 Å². The Labute approximate surface area is 93.4 Å². The van der Waals surface area contributed by atoms with Gasteiger partial charge in [-0.3, -0.25) is 0 Å². The molecule has 0 aliphatic heterocycles. The molecular weight excluding hydrogens is 214 g/mol. The van der Waals surface area contributed by atoms with Gasteiger partial charge in [-0.2, -0.15) is 0 Å². The van der Waals surface area contributed by atoms with Crippen molar-refractivity contribution in [3.63, 3.8) is 0 Å². The van der Waals surface area contributed by atoms with Crippen LogP contribution in [0.5, 0.6) is 0 Å². The van der Waals surface area contributed by atoms with Gasteiger partial charge in [0.1, 0.15) is 0 Å². The molecule has 1 unspecified atom stereocenters. The number of sulfonamides is 1. The Morgan fingerprint density at radius 3 is 2.27 bits per heavy atom. The molecule has 0 saturated heterocycles. The summed E-state index contributed by atoms with van der Waals surface area (Å²) in [5.74, 6) is 0.645. The van der Waals surface area contributed by atoms with Crippen molar-refractivity contribution in [2.75, 3.05) is 19.5 Å². The molecule has 0 aromatic carbocycles. The Kier molecular flexibility index (Phi) is 7.13. The molecule has 0 aromatic rings. The Hall–Kier alpha value is -0.130. The second-order valence-electron chi connectivity index (χ2n) is 4.30. The third kappa shape index (κ3) is 8.84. The van der Waals surface area contributed by atoms with E-state index in [1.165, 1.54) is 7.11 Å².